The Morgan fingerprint density at radius 1 is 1.35 bits per heavy atom. The van der Waals surface area contributed by atoms with Crippen LogP contribution in [0.2, 0.25) is 0 Å². The first-order valence-corrected chi connectivity index (χ1v) is 8.70. The van der Waals surface area contributed by atoms with Gasteiger partial charge >= 0.3 is 0 Å². The molecular formula is C13H19Br2NS. The van der Waals surface area contributed by atoms with Gasteiger partial charge in [0.2, 0.25) is 0 Å². The number of halogens is 2. The van der Waals surface area contributed by atoms with E-state index in [1.807, 2.05) is 11.3 Å². The molecule has 0 bridgehead atoms. The summed E-state index contributed by atoms with van der Waals surface area (Å²) in [6.45, 7) is 4.51. The summed E-state index contributed by atoms with van der Waals surface area (Å²) in [5, 5.41) is 3.64. The quantitative estimate of drug-likeness (QED) is 0.727. The molecule has 4 heteroatoms. The fraction of sp³-hybridized carbons (Fsp3) is 0.692. The summed E-state index contributed by atoms with van der Waals surface area (Å²) in [4.78, 5) is 1.40. The zero-order valence-corrected chi connectivity index (χ0v) is 14.2. The molecule has 0 amide bonds. The van der Waals surface area contributed by atoms with Gasteiger partial charge in [-0.3, -0.25) is 0 Å². The van der Waals surface area contributed by atoms with Crippen LogP contribution in [0.15, 0.2) is 14.3 Å². The molecule has 1 aliphatic rings. The Morgan fingerprint density at radius 2 is 2.06 bits per heavy atom. The molecule has 1 aromatic rings. The third kappa shape index (κ3) is 3.55. The topological polar surface area (TPSA) is 12.0 Å². The van der Waals surface area contributed by atoms with E-state index in [4.69, 9.17) is 0 Å². The highest BCUT2D eigenvalue weighted by molar-refractivity contribution is 9.13. The van der Waals surface area contributed by atoms with Crippen LogP contribution in [0.5, 0.6) is 0 Å². The van der Waals surface area contributed by atoms with Crippen LogP contribution >= 0.6 is 43.2 Å². The molecule has 1 nitrogen and oxygen atoms in total. The highest BCUT2D eigenvalue weighted by Crippen LogP contribution is 2.40. The van der Waals surface area contributed by atoms with E-state index in [1.165, 1.54) is 51.8 Å². The molecule has 17 heavy (non-hydrogen) atoms. The van der Waals surface area contributed by atoms with Crippen molar-refractivity contribution >= 4 is 43.2 Å². The van der Waals surface area contributed by atoms with E-state index >= 15 is 0 Å². The van der Waals surface area contributed by atoms with Crippen LogP contribution < -0.4 is 5.32 Å². The van der Waals surface area contributed by atoms with E-state index in [2.05, 4.69) is 50.2 Å². The molecule has 0 aliphatic heterocycles. The van der Waals surface area contributed by atoms with Crippen molar-refractivity contribution in [1.82, 2.24) is 5.32 Å². The Bertz CT molecular complexity index is 350. The van der Waals surface area contributed by atoms with Gasteiger partial charge in [0, 0.05) is 22.4 Å². The largest absolute Gasteiger partial charge is 0.311 e. The lowest BCUT2D eigenvalue weighted by atomic mass is 9.83. The van der Waals surface area contributed by atoms with E-state index in [1.54, 1.807) is 0 Å². The molecule has 0 aromatic carbocycles. The van der Waals surface area contributed by atoms with E-state index in [0.717, 1.165) is 6.54 Å². The van der Waals surface area contributed by atoms with Gasteiger partial charge in [0.25, 0.3) is 0 Å². The summed E-state index contributed by atoms with van der Waals surface area (Å²) < 4.78 is 2.37. The van der Waals surface area contributed by atoms with Gasteiger partial charge in [-0.2, -0.15) is 0 Å². The highest BCUT2D eigenvalue weighted by atomic mass is 79.9. The van der Waals surface area contributed by atoms with Crippen LogP contribution in [0.1, 0.15) is 43.9 Å². The molecule has 1 N–H and O–H groups in total. The van der Waals surface area contributed by atoms with Crippen LogP contribution in [0.3, 0.4) is 0 Å². The fourth-order valence-corrected chi connectivity index (χ4v) is 4.86. The normalized spacial score (nSPS) is 18.8. The summed E-state index contributed by atoms with van der Waals surface area (Å²) in [5.41, 5.74) is 0.589. The van der Waals surface area contributed by atoms with Gasteiger partial charge in [0.05, 0.1) is 3.79 Å². The van der Waals surface area contributed by atoms with Crippen molar-refractivity contribution in [3.63, 3.8) is 0 Å². The van der Waals surface area contributed by atoms with E-state index in [0.29, 0.717) is 5.41 Å². The fourth-order valence-electron chi connectivity index (χ4n) is 2.71. The van der Waals surface area contributed by atoms with Crippen LogP contribution in [-0.2, 0) is 6.54 Å². The molecule has 1 fully saturated rings. The first-order valence-electron chi connectivity index (χ1n) is 6.30. The van der Waals surface area contributed by atoms with Crippen molar-refractivity contribution in [2.75, 3.05) is 6.54 Å². The minimum atomic E-state index is 0.589. The second kappa shape index (κ2) is 6.18. The standard InChI is InChI=1S/C13H19Br2NS/c1-2-13(5-3-4-6-13)9-16-8-10-7-11(14)12(15)17-10/h7,16H,2-6,8-9H2,1H3. The molecule has 0 spiro atoms. The first-order chi connectivity index (χ1) is 8.15. The minimum absolute atomic E-state index is 0.589. The Kier molecular flexibility index (Phi) is 5.10. The Labute approximate surface area is 125 Å². The summed E-state index contributed by atoms with van der Waals surface area (Å²) in [5.74, 6) is 0. The maximum absolute atomic E-state index is 3.64. The Hall–Kier alpha value is 0.620. The molecule has 0 radical (unpaired) electrons. The van der Waals surface area contributed by atoms with Gasteiger partial charge in [-0.15, -0.1) is 11.3 Å². The highest BCUT2D eigenvalue weighted by Gasteiger charge is 2.31. The summed E-state index contributed by atoms with van der Waals surface area (Å²) >= 11 is 8.89. The van der Waals surface area contributed by atoms with Gasteiger partial charge in [0.1, 0.15) is 0 Å². The molecule has 96 valence electrons. The maximum atomic E-state index is 3.64. The lowest BCUT2D eigenvalue weighted by Gasteiger charge is -2.27. The SMILES string of the molecule is CCC1(CNCc2cc(Br)c(Br)s2)CCCC1. The number of hydrogen-bond donors (Lipinski definition) is 1. The molecule has 1 aromatic heterocycles. The molecule has 1 aliphatic carbocycles. The van der Waals surface area contributed by atoms with Gasteiger partial charge in [-0.05, 0) is 62.6 Å². The molecular weight excluding hydrogens is 362 g/mol. The zero-order chi connectivity index (χ0) is 12.3. The van der Waals surface area contributed by atoms with Crippen molar-refractivity contribution in [3.05, 3.63) is 19.2 Å². The smallest absolute Gasteiger partial charge is 0.0843 e. The summed E-state index contributed by atoms with van der Waals surface area (Å²) in [7, 11) is 0. The average Bonchev–Trinajstić information content (AvgIpc) is 2.89. The van der Waals surface area contributed by atoms with Gasteiger partial charge in [-0.25, -0.2) is 0 Å². The minimum Gasteiger partial charge on any atom is -0.311 e. The number of rotatable bonds is 5. The van der Waals surface area contributed by atoms with Gasteiger partial charge < -0.3 is 5.32 Å². The van der Waals surface area contributed by atoms with Crippen LogP contribution in [-0.4, -0.2) is 6.54 Å². The third-order valence-electron chi connectivity index (χ3n) is 3.91. The number of thiophene rings is 1. The number of hydrogen-bond acceptors (Lipinski definition) is 2. The molecule has 1 heterocycles. The van der Waals surface area contributed by atoms with Crippen molar-refractivity contribution < 1.29 is 0 Å². The van der Waals surface area contributed by atoms with Crippen molar-refractivity contribution in [2.45, 2.75) is 45.6 Å². The second-order valence-electron chi connectivity index (χ2n) is 5.00. The van der Waals surface area contributed by atoms with Crippen molar-refractivity contribution in [1.29, 1.82) is 0 Å². The van der Waals surface area contributed by atoms with Crippen molar-refractivity contribution in [3.8, 4) is 0 Å². The lowest BCUT2D eigenvalue weighted by Crippen LogP contribution is -2.31. The monoisotopic (exact) mass is 379 g/mol. The van der Waals surface area contributed by atoms with Crippen LogP contribution in [0.4, 0.5) is 0 Å². The lowest BCUT2D eigenvalue weighted by molar-refractivity contribution is 0.268. The maximum Gasteiger partial charge on any atom is 0.0843 e. The number of nitrogens with one attached hydrogen (secondary N) is 1. The molecule has 1 saturated carbocycles. The average molecular weight is 381 g/mol. The van der Waals surface area contributed by atoms with Gasteiger partial charge in [-0.1, -0.05) is 19.8 Å². The van der Waals surface area contributed by atoms with E-state index in [-0.39, 0.29) is 0 Å². The molecule has 0 unspecified atom stereocenters. The van der Waals surface area contributed by atoms with Crippen LogP contribution in [0, 0.1) is 5.41 Å². The second-order valence-corrected chi connectivity index (χ2v) is 8.31. The van der Waals surface area contributed by atoms with Crippen molar-refractivity contribution in [2.24, 2.45) is 5.41 Å². The Balaban J connectivity index is 1.82. The van der Waals surface area contributed by atoms with Gasteiger partial charge in [0.15, 0.2) is 0 Å². The molecule has 0 saturated heterocycles. The molecule has 2 rings (SSSR count). The predicted molar refractivity (Wildman–Crippen MR) is 82.6 cm³/mol. The summed E-state index contributed by atoms with van der Waals surface area (Å²) in [6, 6.07) is 2.20. The predicted octanol–water partition coefficient (Wildman–Crippen LogP) is 5.33. The van der Waals surface area contributed by atoms with Crippen LogP contribution in [0.25, 0.3) is 0 Å². The van der Waals surface area contributed by atoms with E-state index < -0.39 is 0 Å². The Morgan fingerprint density at radius 3 is 2.59 bits per heavy atom. The zero-order valence-electron chi connectivity index (χ0n) is 10.2. The first kappa shape index (κ1) is 14.0. The van der Waals surface area contributed by atoms with E-state index in [9.17, 15) is 0 Å². The summed E-state index contributed by atoms with van der Waals surface area (Å²) in [6.07, 6.45) is 6.98. The molecule has 0 atom stereocenters. The third-order valence-corrected chi connectivity index (χ3v) is 7.17.